The van der Waals surface area contributed by atoms with Crippen molar-refractivity contribution >= 4 is 18.5 Å². The molecular formula is C89H65Ir3N11O5-4. The number of aliphatic carboxylic acids is 1. The van der Waals surface area contributed by atoms with Gasteiger partial charge in [-0.1, -0.05) is 165 Å². The van der Waals surface area contributed by atoms with Crippen LogP contribution in [0.4, 0.5) is 0 Å². The zero-order valence-corrected chi connectivity index (χ0v) is 65.0. The summed E-state index contributed by atoms with van der Waals surface area (Å²) in [5.74, 6) is -0.469. The van der Waals surface area contributed by atoms with E-state index in [2.05, 4.69) is 61.7 Å². The third kappa shape index (κ3) is 23.5. The Hall–Kier alpha value is -12.6. The third-order valence-corrected chi connectivity index (χ3v) is 15.8. The van der Waals surface area contributed by atoms with Crippen molar-refractivity contribution in [3.05, 3.63) is 355 Å². The number of carbonyl (C=O) groups is 2. The number of phenols is 2. The number of carboxylic acids is 1. The van der Waals surface area contributed by atoms with Crippen LogP contribution in [0, 0.1) is 52.2 Å². The number of nitrogens with zero attached hydrogens (tertiary/aromatic N) is 11. The zero-order chi connectivity index (χ0) is 73.4. The Kier molecular flexibility index (Phi) is 33.4. The molecule has 1 saturated heterocycles. The summed E-state index contributed by atoms with van der Waals surface area (Å²) < 4.78 is 0. The van der Waals surface area contributed by atoms with Crippen molar-refractivity contribution in [2.24, 2.45) is 4.99 Å². The average Bonchev–Trinajstić information content (AvgIpc) is 0.838. The molecule has 3 radical (unpaired) electrons. The zero-order valence-electron chi connectivity index (χ0n) is 57.8. The van der Waals surface area contributed by atoms with Gasteiger partial charge in [0, 0.05) is 132 Å². The summed E-state index contributed by atoms with van der Waals surface area (Å²) in [7, 11) is 1.67. The van der Waals surface area contributed by atoms with Crippen LogP contribution in [0.1, 0.15) is 45.5 Å². The smallest absolute Gasteiger partial charge is 0.285 e. The second-order valence-electron chi connectivity index (χ2n) is 22.9. The molecule has 4 heterocycles. The number of nitriles is 3. The molecule has 19 heteroatoms. The average molecular weight is 1950 g/mol. The number of para-hydroxylation sites is 2. The van der Waals surface area contributed by atoms with E-state index in [-0.39, 0.29) is 71.8 Å². The number of phenolic OH excluding ortho intramolecular Hbond substituents is 2. The molecule has 108 heavy (non-hydrogen) atoms. The van der Waals surface area contributed by atoms with Gasteiger partial charge in [-0.25, -0.2) is 0 Å². The first kappa shape index (κ1) is 82.7. The van der Waals surface area contributed by atoms with E-state index < -0.39 is 12.0 Å². The molecule has 1 atom stereocenters. The van der Waals surface area contributed by atoms with Crippen molar-refractivity contribution in [3.8, 4) is 131 Å². The molecule has 0 aliphatic carbocycles. The molecule has 1 unspecified atom stereocenters. The number of rotatable bonds is 12. The van der Waals surface area contributed by atoms with Crippen LogP contribution in [0.5, 0.6) is 11.5 Å². The second kappa shape index (κ2) is 43.7. The summed E-state index contributed by atoms with van der Waals surface area (Å²) in [5.41, 5.74) is 18.6. The molecule has 0 amide bonds. The van der Waals surface area contributed by atoms with Gasteiger partial charge in [-0.2, -0.15) is 15.8 Å². The van der Waals surface area contributed by atoms with Gasteiger partial charge in [0.25, 0.3) is 5.97 Å². The summed E-state index contributed by atoms with van der Waals surface area (Å²) in [6.07, 6.45) is 9.22. The van der Waals surface area contributed by atoms with Crippen molar-refractivity contribution in [2.75, 3.05) is 13.6 Å². The minimum Gasteiger partial charge on any atom is -0.650 e. The van der Waals surface area contributed by atoms with Gasteiger partial charge in [0.05, 0.1) is 74.6 Å². The van der Waals surface area contributed by atoms with Gasteiger partial charge < -0.3 is 35.6 Å². The minimum absolute atomic E-state index is 0. The molecule has 537 valence electrons. The third-order valence-electron chi connectivity index (χ3n) is 15.8. The molecule has 1 fully saturated rings. The molecule has 1 aliphatic heterocycles. The molecule has 0 saturated carbocycles. The number of aldehydes is 1. The Morgan fingerprint density at radius 1 is 0.426 bits per heavy atom. The molecule has 1 aliphatic rings. The Bertz CT molecular complexity index is 4880. The molecular weight excluding hydrogens is 1880 g/mol. The van der Waals surface area contributed by atoms with E-state index >= 15 is 0 Å². The van der Waals surface area contributed by atoms with Gasteiger partial charge >= 0.3 is 0 Å². The molecule has 11 aromatic carbocycles. The minimum atomic E-state index is -0.775. The first-order valence-corrected chi connectivity index (χ1v) is 33.1. The Morgan fingerprint density at radius 2 is 0.741 bits per heavy atom. The van der Waals surface area contributed by atoms with Crippen LogP contribution in [0.3, 0.4) is 0 Å². The number of aromatic hydroxyl groups is 2. The van der Waals surface area contributed by atoms with E-state index in [1.807, 2.05) is 212 Å². The summed E-state index contributed by atoms with van der Waals surface area (Å²) in [4.78, 5) is 52.7. The fourth-order valence-electron chi connectivity index (χ4n) is 10.5. The quantitative estimate of drug-likeness (QED) is 0.0583. The van der Waals surface area contributed by atoms with Gasteiger partial charge in [-0.3, -0.25) is 29.5 Å². The predicted octanol–water partition coefficient (Wildman–Crippen LogP) is 18.7. The maximum Gasteiger partial charge on any atom is 0.285 e. The molecule has 3 N–H and O–H groups in total. The number of aromatic nitrogens is 6. The number of hydrogen-bond donors (Lipinski definition) is 3. The number of carbonyl (C=O) groups excluding carboxylic acids is 1. The van der Waals surface area contributed by atoms with E-state index in [1.54, 1.807) is 98.6 Å². The SMILES string of the molecule is CN=Cc1ccccc1O.N#Cc1ccc(-c2cnc(-c3[c-]cccc3)c(-c3ccccc3)n2)cc1.N#Cc1ccc(-c2cnc(-c3[c-]cccc3)c(-c3ccccc3)n2)cc1.N#Cc1ccc(-c2cnc(-c3[c-]cccc3)c(-c3ccccc3)n2)cc1.O=C(O)C1CCC[N-]1.O=Cc1ccccc1O.[Ir].[Ir].[Ir]. The van der Waals surface area contributed by atoms with Crippen LogP contribution in [0.15, 0.2) is 309 Å². The van der Waals surface area contributed by atoms with Gasteiger partial charge in [0.2, 0.25) is 0 Å². The molecule has 3 aromatic heterocycles. The summed E-state index contributed by atoms with van der Waals surface area (Å²) >= 11 is 0. The number of benzene rings is 11. The fraction of sp³-hybridized carbons (Fsp3) is 0.0562. The van der Waals surface area contributed by atoms with Gasteiger partial charge in [0.15, 0.2) is 6.29 Å². The normalized spacial score (nSPS) is 11.2. The van der Waals surface area contributed by atoms with Crippen LogP contribution in [-0.2, 0) is 65.1 Å². The number of hydrogen-bond acceptors (Lipinski definition) is 14. The molecule has 0 spiro atoms. The molecule has 14 aromatic rings. The van der Waals surface area contributed by atoms with Crippen molar-refractivity contribution < 1.29 is 85.2 Å². The Morgan fingerprint density at radius 3 is 0.991 bits per heavy atom. The van der Waals surface area contributed by atoms with E-state index in [0.29, 0.717) is 28.5 Å². The van der Waals surface area contributed by atoms with Crippen LogP contribution in [0.2, 0.25) is 0 Å². The van der Waals surface area contributed by atoms with Crippen molar-refractivity contribution in [3.63, 3.8) is 0 Å². The molecule has 0 bridgehead atoms. The van der Waals surface area contributed by atoms with Gasteiger partial charge in [0.1, 0.15) is 11.5 Å². The Labute approximate surface area is 667 Å². The maximum absolute atomic E-state index is 10.1. The predicted molar refractivity (Wildman–Crippen MR) is 410 cm³/mol. The van der Waals surface area contributed by atoms with E-state index in [0.717, 1.165) is 126 Å². The Balaban J connectivity index is 0.000000190. The van der Waals surface area contributed by atoms with Crippen LogP contribution in [0.25, 0.3) is 107 Å². The van der Waals surface area contributed by atoms with Gasteiger partial charge in [-0.15, -0.1) is 114 Å². The van der Waals surface area contributed by atoms with Crippen LogP contribution >= 0.6 is 0 Å². The summed E-state index contributed by atoms with van der Waals surface area (Å²) in [6.45, 7) is 0.733. The van der Waals surface area contributed by atoms with E-state index in [1.165, 1.54) is 6.07 Å². The van der Waals surface area contributed by atoms with Crippen molar-refractivity contribution in [2.45, 2.75) is 18.9 Å². The first-order chi connectivity index (χ1) is 51.5. The summed E-state index contributed by atoms with van der Waals surface area (Å²) in [6, 6.07) is 105. The second-order valence-corrected chi connectivity index (χ2v) is 22.9. The summed E-state index contributed by atoms with van der Waals surface area (Å²) in [5, 5.41) is 57.1. The fourth-order valence-corrected chi connectivity index (χ4v) is 10.5. The van der Waals surface area contributed by atoms with E-state index in [4.69, 9.17) is 46.1 Å². The first-order valence-electron chi connectivity index (χ1n) is 33.1. The largest absolute Gasteiger partial charge is 0.650 e. The van der Waals surface area contributed by atoms with Gasteiger partial charge in [-0.05, 0) is 83.4 Å². The topological polar surface area (TPSA) is 270 Å². The van der Waals surface area contributed by atoms with Crippen LogP contribution < -0.4 is 0 Å². The number of aliphatic imine (C=N–C) groups is 1. The number of carboxylic acid groups (broad SMARTS) is 1. The monoisotopic (exact) mass is 1950 g/mol. The van der Waals surface area contributed by atoms with Crippen molar-refractivity contribution in [1.29, 1.82) is 15.8 Å². The van der Waals surface area contributed by atoms with Crippen molar-refractivity contribution in [1.82, 2.24) is 29.9 Å². The molecule has 15 rings (SSSR count). The molecule has 16 nitrogen and oxygen atoms in total. The standard InChI is InChI=1S/3C23H14N3.C8H9NO.C7H6O2.C5H8NO2.3Ir/c3*24-15-17-11-13-18(14-12-17)21-16-25-22(19-7-3-1-4-8-19)23(26-21)20-9-5-2-6-10-20;1-9-6-7-4-2-3-5-8(7)10;8-5-6-3-1-2-4-7(6)9;7-5(8)4-2-1-3-6-4;;;/h3*1-7,9-14,16H;2-6,10H,1H3;1-5,9H;4H,1-3H2,(H,7,8);;;/q3*-1;;;-1;;;. The van der Waals surface area contributed by atoms with E-state index in [9.17, 15) is 9.59 Å². The maximum atomic E-state index is 10.1. The van der Waals surface area contributed by atoms with Crippen LogP contribution in [-0.4, -0.2) is 83.3 Å².